The first kappa shape index (κ1) is 24.4. The van der Waals surface area contributed by atoms with E-state index in [2.05, 4.69) is 0 Å². The predicted octanol–water partition coefficient (Wildman–Crippen LogP) is 5.41. The highest BCUT2D eigenvalue weighted by atomic mass is 16.5. The molecule has 0 unspecified atom stereocenters. The Labute approximate surface area is 209 Å². The molecule has 0 saturated carbocycles. The molecule has 0 aliphatic rings. The smallest absolute Gasteiger partial charge is 0.193 e. The molecule has 0 N–H and O–H groups in total. The maximum atomic E-state index is 13.4. The van der Waals surface area contributed by atoms with Crippen LogP contribution in [-0.4, -0.2) is 38.7 Å². The van der Waals surface area contributed by atoms with Gasteiger partial charge in [0.1, 0.15) is 17.2 Å². The van der Waals surface area contributed by atoms with E-state index in [0.29, 0.717) is 33.9 Å². The van der Waals surface area contributed by atoms with Gasteiger partial charge in [-0.1, -0.05) is 12.1 Å². The van der Waals surface area contributed by atoms with Gasteiger partial charge < -0.3 is 14.2 Å². The van der Waals surface area contributed by atoms with Crippen LogP contribution in [0.4, 0.5) is 0 Å². The van der Waals surface area contributed by atoms with E-state index in [0.717, 1.165) is 0 Å². The van der Waals surface area contributed by atoms with Gasteiger partial charge in [0.15, 0.2) is 17.3 Å². The van der Waals surface area contributed by atoms with E-state index < -0.39 is 0 Å². The molecule has 180 valence electrons. The molecular weight excluding hydrogens is 456 g/mol. The molecule has 0 atom stereocenters. The molecule has 36 heavy (non-hydrogen) atoms. The number of hydrogen-bond acceptors (Lipinski definition) is 6. The molecular formula is C30H24O6. The lowest BCUT2D eigenvalue weighted by molar-refractivity contribution is 0.103. The number of ether oxygens (including phenoxy) is 3. The number of carbonyl (C=O) groups is 3. The lowest BCUT2D eigenvalue weighted by atomic mass is 9.92. The molecule has 6 heteroatoms. The summed E-state index contributed by atoms with van der Waals surface area (Å²) in [6.07, 6.45) is 0. The van der Waals surface area contributed by atoms with Gasteiger partial charge in [0.2, 0.25) is 0 Å². The second kappa shape index (κ2) is 10.7. The van der Waals surface area contributed by atoms with Gasteiger partial charge in [0, 0.05) is 33.4 Å². The first-order valence-electron chi connectivity index (χ1n) is 11.1. The Kier molecular flexibility index (Phi) is 7.25. The first-order valence-corrected chi connectivity index (χ1v) is 11.1. The summed E-state index contributed by atoms with van der Waals surface area (Å²) in [6, 6.07) is 24.6. The standard InChI is InChI=1S/C30H24O6/c1-34-25-11-7-19(8-12-25)28(31)22-15-23(29(32)20-9-13-26(35-2)14-10-20)17-24(16-22)30(33)21-5-4-6-27(18-21)36-3/h4-18H,1-3H3. The lowest BCUT2D eigenvalue weighted by Gasteiger charge is -2.10. The lowest BCUT2D eigenvalue weighted by Crippen LogP contribution is -2.10. The van der Waals surface area contributed by atoms with Gasteiger partial charge in [-0.3, -0.25) is 14.4 Å². The Hall–Kier alpha value is -4.71. The van der Waals surface area contributed by atoms with Gasteiger partial charge in [-0.25, -0.2) is 0 Å². The van der Waals surface area contributed by atoms with Crippen LogP contribution in [0.5, 0.6) is 17.2 Å². The Bertz CT molecular complexity index is 1340. The van der Waals surface area contributed by atoms with Crippen molar-refractivity contribution in [2.75, 3.05) is 21.3 Å². The third-order valence-electron chi connectivity index (χ3n) is 5.76. The largest absolute Gasteiger partial charge is 0.497 e. The van der Waals surface area contributed by atoms with Crippen LogP contribution >= 0.6 is 0 Å². The number of ketones is 3. The molecule has 0 fully saturated rings. The highest BCUT2D eigenvalue weighted by Crippen LogP contribution is 2.23. The van der Waals surface area contributed by atoms with Gasteiger partial charge in [-0.2, -0.15) is 0 Å². The highest BCUT2D eigenvalue weighted by Gasteiger charge is 2.20. The molecule has 0 spiro atoms. The van der Waals surface area contributed by atoms with E-state index >= 15 is 0 Å². The van der Waals surface area contributed by atoms with E-state index in [4.69, 9.17) is 14.2 Å². The molecule has 0 aromatic heterocycles. The molecule has 0 heterocycles. The fourth-order valence-electron chi connectivity index (χ4n) is 3.77. The summed E-state index contributed by atoms with van der Waals surface area (Å²) in [4.78, 5) is 40.1. The van der Waals surface area contributed by atoms with Gasteiger partial charge >= 0.3 is 0 Å². The zero-order valence-electron chi connectivity index (χ0n) is 20.1. The fraction of sp³-hybridized carbons (Fsp3) is 0.100. The maximum Gasteiger partial charge on any atom is 0.193 e. The number of rotatable bonds is 9. The van der Waals surface area contributed by atoms with Crippen molar-refractivity contribution in [2.24, 2.45) is 0 Å². The Morgan fingerprint density at radius 2 is 0.806 bits per heavy atom. The average Bonchev–Trinajstić information content (AvgIpc) is 2.95. The number of carbonyl (C=O) groups excluding carboxylic acids is 3. The monoisotopic (exact) mass is 480 g/mol. The molecule has 4 aromatic rings. The predicted molar refractivity (Wildman–Crippen MR) is 136 cm³/mol. The second-order valence-corrected chi connectivity index (χ2v) is 7.98. The zero-order chi connectivity index (χ0) is 25.7. The zero-order valence-corrected chi connectivity index (χ0v) is 20.1. The molecule has 0 aliphatic heterocycles. The van der Waals surface area contributed by atoms with E-state index in [1.807, 2.05) is 0 Å². The van der Waals surface area contributed by atoms with Crippen molar-refractivity contribution in [1.29, 1.82) is 0 Å². The van der Waals surface area contributed by atoms with E-state index in [1.165, 1.54) is 25.3 Å². The van der Waals surface area contributed by atoms with E-state index in [-0.39, 0.29) is 34.0 Å². The minimum Gasteiger partial charge on any atom is -0.497 e. The van der Waals surface area contributed by atoms with E-state index in [9.17, 15) is 14.4 Å². The average molecular weight is 481 g/mol. The van der Waals surface area contributed by atoms with Crippen molar-refractivity contribution in [1.82, 2.24) is 0 Å². The molecule has 0 radical (unpaired) electrons. The van der Waals surface area contributed by atoms with Crippen molar-refractivity contribution in [2.45, 2.75) is 0 Å². The first-order chi connectivity index (χ1) is 17.4. The summed E-state index contributed by atoms with van der Waals surface area (Å²) in [7, 11) is 4.60. The fourth-order valence-corrected chi connectivity index (χ4v) is 3.77. The van der Waals surface area contributed by atoms with Crippen molar-refractivity contribution < 1.29 is 28.6 Å². The summed E-state index contributed by atoms with van der Waals surface area (Å²) >= 11 is 0. The van der Waals surface area contributed by atoms with Gasteiger partial charge in [-0.15, -0.1) is 0 Å². The van der Waals surface area contributed by atoms with Gasteiger partial charge in [0.25, 0.3) is 0 Å². The van der Waals surface area contributed by atoms with Crippen LogP contribution in [0.1, 0.15) is 47.8 Å². The van der Waals surface area contributed by atoms with Crippen LogP contribution in [-0.2, 0) is 0 Å². The van der Waals surface area contributed by atoms with Crippen molar-refractivity contribution in [3.05, 3.63) is 124 Å². The minimum absolute atomic E-state index is 0.222. The quantitative estimate of drug-likeness (QED) is 0.298. The maximum absolute atomic E-state index is 13.4. The topological polar surface area (TPSA) is 78.9 Å². The Balaban J connectivity index is 1.80. The number of hydrogen-bond donors (Lipinski definition) is 0. The third-order valence-corrected chi connectivity index (χ3v) is 5.76. The molecule has 0 aliphatic carbocycles. The minimum atomic E-state index is -0.331. The normalized spacial score (nSPS) is 10.4. The van der Waals surface area contributed by atoms with Gasteiger partial charge in [0.05, 0.1) is 21.3 Å². The molecule has 4 rings (SSSR count). The van der Waals surface area contributed by atoms with Crippen LogP contribution < -0.4 is 14.2 Å². The summed E-state index contributed by atoms with van der Waals surface area (Å²) < 4.78 is 15.6. The Morgan fingerprint density at radius 3 is 1.19 bits per heavy atom. The number of benzene rings is 4. The molecule has 4 aromatic carbocycles. The van der Waals surface area contributed by atoms with Crippen LogP contribution in [0.3, 0.4) is 0 Å². The van der Waals surface area contributed by atoms with Crippen LogP contribution in [0.2, 0.25) is 0 Å². The second-order valence-electron chi connectivity index (χ2n) is 7.98. The molecule has 0 bridgehead atoms. The van der Waals surface area contributed by atoms with Crippen molar-refractivity contribution >= 4 is 17.3 Å². The molecule has 0 saturated heterocycles. The highest BCUT2D eigenvalue weighted by molar-refractivity contribution is 6.17. The van der Waals surface area contributed by atoms with Crippen molar-refractivity contribution in [3.63, 3.8) is 0 Å². The third kappa shape index (κ3) is 5.18. The van der Waals surface area contributed by atoms with Crippen LogP contribution in [0, 0.1) is 0 Å². The number of methoxy groups -OCH3 is 3. The summed E-state index contributed by atoms with van der Waals surface area (Å²) in [5.41, 5.74) is 1.87. The Morgan fingerprint density at radius 1 is 0.417 bits per heavy atom. The summed E-state index contributed by atoms with van der Waals surface area (Å²) in [5, 5.41) is 0. The van der Waals surface area contributed by atoms with E-state index in [1.54, 1.807) is 87.0 Å². The molecule has 0 amide bonds. The van der Waals surface area contributed by atoms with Crippen molar-refractivity contribution in [3.8, 4) is 17.2 Å². The van der Waals surface area contributed by atoms with Gasteiger partial charge in [-0.05, 0) is 78.9 Å². The molecule has 6 nitrogen and oxygen atoms in total. The summed E-state index contributed by atoms with van der Waals surface area (Å²) in [5.74, 6) is 0.791. The summed E-state index contributed by atoms with van der Waals surface area (Å²) in [6.45, 7) is 0. The van der Waals surface area contributed by atoms with Crippen LogP contribution in [0.15, 0.2) is 91.0 Å². The van der Waals surface area contributed by atoms with Crippen LogP contribution in [0.25, 0.3) is 0 Å². The SMILES string of the molecule is COc1ccc(C(=O)c2cc(C(=O)c3ccc(OC)cc3)cc(C(=O)c3cccc(OC)c3)c2)cc1.